The van der Waals surface area contributed by atoms with Crippen LogP contribution < -0.4 is 16.0 Å². The molecule has 3 amide bonds. The van der Waals surface area contributed by atoms with Gasteiger partial charge in [-0.2, -0.15) is 0 Å². The number of nitrogens with one attached hydrogen (secondary N) is 3. The predicted molar refractivity (Wildman–Crippen MR) is 127 cm³/mol. The molecule has 2 aromatic carbocycles. The fourth-order valence-electron chi connectivity index (χ4n) is 3.20. The Morgan fingerprint density at radius 3 is 2.30 bits per heavy atom. The molecule has 2 heterocycles. The number of hydrogen-bond donors (Lipinski definition) is 3. The molecule has 0 aliphatic heterocycles. The summed E-state index contributed by atoms with van der Waals surface area (Å²) < 4.78 is 5.14. The van der Waals surface area contributed by atoms with Gasteiger partial charge in [0.15, 0.2) is 5.76 Å². The first-order valence-electron chi connectivity index (χ1n) is 10.2. The monoisotopic (exact) mass is 459 g/mol. The highest BCUT2D eigenvalue weighted by molar-refractivity contribution is 7.12. The molecule has 0 aliphatic carbocycles. The summed E-state index contributed by atoms with van der Waals surface area (Å²) in [5.74, 6) is -0.964. The van der Waals surface area contributed by atoms with Gasteiger partial charge < -0.3 is 20.4 Å². The fraction of sp³-hybridized carbons (Fsp3) is 0.0800. The molecule has 4 rings (SSSR count). The molecule has 0 saturated carbocycles. The summed E-state index contributed by atoms with van der Waals surface area (Å²) in [6.45, 7) is 0. The second kappa shape index (κ2) is 10.4. The zero-order valence-corrected chi connectivity index (χ0v) is 18.3. The average molecular weight is 460 g/mol. The molecular formula is C25H21N3O4S. The van der Waals surface area contributed by atoms with E-state index in [-0.39, 0.29) is 17.6 Å². The summed E-state index contributed by atoms with van der Waals surface area (Å²) in [6.07, 6.45) is 1.70. The van der Waals surface area contributed by atoms with Crippen LogP contribution in [0.25, 0.3) is 0 Å². The topological polar surface area (TPSA) is 100 Å². The van der Waals surface area contributed by atoms with Gasteiger partial charge in [0.05, 0.1) is 11.1 Å². The number of furan rings is 1. The van der Waals surface area contributed by atoms with Gasteiger partial charge in [-0.3, -0.25) is 14.4 Å². The van der Waals surface area contributed by atoms with Crippen LogP contribution in [0.4, 0.5) is 11.4 Å². The van der Waals surface area contributed by atoms with E-state index in [1.54, 1.807) is 42.5 Å². The lowest BCUT2D eigenvalue weighted by Gasteiger charge is -2.18. The third-order valence-corrected chi connectivity index (χ3v) is 5.65. The van der Waals surface area contributed by atoms with E-state index in [1.807, 2.05) is 35.7 Å². The molecule has 0 radical (unpaired) electrons. The van der Waals surface area contributed by atoms with E-state index >= 15 is 0 Å². The Morgan fingerprint density at radius 1 is 0.818 bits per heavy atom. The molecule has 0 aliphatic rings. The Labute approximate surface area is 194 Å². The van der Waals surface area contributed by atoms with Crippen molar-refractivity contribution in [2.45, 2.75) is 12.5 Å². The number of benzene rings is 2. The zero-order chi connectivity index (χ0) is 23.0. The third kappa shape index (κ3) is 5.96. The van der Waals surface area contributed by atoms with Crippen molar-refractivity contribution >= 4 is 40.4 Å². The molecule has 166 valence electrons. The van der Waals surface area contributed by atoms with Gasteiger partial charge in [0.1, 0.15) is 6.04 Å². The van der Waals surface area contributed by atoms with E-state index in [0.29, 0.717) is 22.7 Å². The molecular weight excluding hydrogens is 438 g/mol. The summed E-state index contributed by atoms with van der Waals surface area (Å²) >= 11 is 1.34. The van der Waals surface area contributed by atoms with Gasteiger partial charge in [0.2, 0.25) is 5.91 Å². The molecule has 2 aromatic heterocycles. The van der Waals surface area contributed by atoms with Crippen molar-refractivity contribution in [3.8, 4) is 0 Å². The molecule has 8 heteroatoms. The summed E-state index contributed by atoms with van der Waals surface area (Å²) in [5, 5.41) is 10.2. The molecule has 3 N–H and O–H groups in total. The molecule has 7 nitrogen and oxygen atoms in total. The normalized spacial score (nSPS) is 11.4. The first kappa shape index (κ1) is 22.0. The number of anilines is 2. The first-order chi connectivity index (χ1) is 16.1. The highest BCUT2D eigenvalue weighted by Crippen LogP contribution is 2.18. The Hall–Kier alpha value is -4.17. The van der Waals surface area contributed by atoms with E-state index in [0.717, 1.165) is 5.56 Å². The Kier molecular flexibility index (Phi) is 6.96. The lowest BCUT2D eigenvalue weighted by molar-refractivity contribution is -0.118. The number of thiophene rings is 1. The maximum absolute atomic E-state index is 13.1. The van der Waals surface area contributed by atoms with Crippen molar-refractivity contribution in [1.82, 2.24) is 5.32 Å². The molecule has 0 saturated heterocycles. The molecule has 1 unspecified atom stereocenters. The fourth-order valence-corrected chi connectivity index (χ4v) is 3.82. The second-order valence-electron chi connectivity index (χ2n) is 7.19. The zero-order valence-electron chi connectivity index (χ0n) is 17.5. The number of carbonyl (C=O) groups is 3. The lowest BCUT2D eigenvalue weighted by atomic mass is 10.0. The van der Waals surface area contributed by atoms with Crippen LogP contribution >= 0.6 is 11.3 Å². The number of carbonyl (C=O) groups excluding carboxylic acids is 3. The Bertz CT molecular complexity index is 1220. The van der Waals surface area contributed by atoms with Crippen LogP contribution in [0.3, 0.4) is 0 Å². The van der Waals surface area contributed by atoms with E-state index in [9.17, 15) is 14.4 Å². The van der Waals surface area contributed by atoms with Crippen LogP contribution in [0.2, 0.25) is 0 Å². The van der Waals surface area contributed by atoms with Gasteiger partial charge in [0, 0.05) is 17.8 Å². The van der Waals surface area contributed by atoms with Crippen LogP contribution in [0.1, 0.15) is 25.8 Å². The van der Waals surface area contributed by atoms with Crippen molar-refractivity contribution in [3.05, 3.63) is 107 Å². The van der Waals surface area contributed by atoms with Gasteiger partial charge in [-0.25, -0.2) is 0 Å². The average Bonchev–Trinajstić information content (AvgIpc) is 3.54. The molecule has 4 aromatic rings. The number of hydrogen-bond acceptors (Lipinski definition) is 5. The molecule has 0 spiro atoms. The van der Waals surface area contributed by atoms with E-state index < -0.39 is 11.9 Å². The van der Waals surface area contributed by atoms with Crippen molar-refractivity contribution < 1.29 is 18.8 Å². The maximum atomic E-state index is 13.1. The Balaban J connectivity index is 1.47. The minimum Gasteiger partial charge on any atom is -0.459 e. The van der Waals surface area contributed by atoms with E-state index in [2.05, 4.69) is 16.0 Å². The SMILES string of the molecule is O=C(NC(Cc1ccccc1)C(=O)Nc1cccc(NC(=O)c2cccs2)c1)c1ccco1. The minimum absolute atomic E-state index is 0.124. The van der Waals surface area contributed by atoms with Crippen molar-refractivity contribution in [2.24, 2.45) is 0 Å². The Morgan fingerprint density at radius 2 is 1.61 bits per heavy atom. The van der Waals surface area contributed by atoms with Crippen molar-refractivity contribution in [2.75, 3.05) is 10.6 Å². The van der Waals surface area contributed by atoms with Crippen LogP contribution in [0.15, 0.2) is 94.9 Å². The standard InChI is InChI=1S/C25H21N3O4S/c29-23(26-18-9-4-10-19(16-18)27-25(31)22-12-6-14-33-22)20(15-17-7-2-1-3-8-17)28-24(30)21-11-5-13-32-21/h1-14,16,20H,15H2,(H,26,29)(H,27,31)(H,28,30). The lowest BCUT2D eigenvalue weighted by Crippen LogP contribution is -2.45. The maximum Gasteiger partial charge on any atom is 0.287 e. The third-order valence-electron chi connectivity index (χ3n) is 4.78. The second-order valence-corrected chi connectivity index (χ2v) is 8.14. The van der Waals surface area contributed by atoms with Crippen molar-refractivity contribution in [1.29, 1.82) is 0 Å². The minimum atomic E-state index is -0.839. The molecule has 0 fully saturated rings. The van der Waals surface area contributed by atoms with Gasteiger partial charge in [-0.1, -0.05) is 42.5 Å². The van der Waals surface area contributed by atoms with Gasteiger partial charge >= 0.3 is 0 Å². The number of amides is 3. The first-order valence-corrected chi connectivity index (χ1v) is 11.1. The summed E-state index contributed by atoms with van der Waals surface area (Å²) in [4.78, 5) is 38.5. The smallest absolute Gasteiger partial charge is 0.287 e. The quantitative estimate of drug-likeness (QED) is 0.359. The summed E-state index contributed by atoms with van der Waals surface area (Å²) in [7, 11) is 0. The molecule has 1 atom stereocenters. The van der Waals surface area contributed by atoms with Crippen molar-refractivity contribution in [3.63, 3.8) is 0 Å². The predicted octanol–water partition coefficient (Wildman–Crippen LogP) is 4.57. The highest BCUT2D eigenvalue weighted by Gasteiger charge is 2.23. The largest absolute Gasteiger partial charge is 0.459 e. The number of rotatable bonds is 8. The van der Waals surface area contributed by atoms with Gasteiger partial charge in [-0.15, -0.1) is 11.3 Å². The van der Waals surface area contributed by atoms with Gasteiger partial charge in [0.25, 0.3) is 11.8 Å². The van der Waals surface area contributed by atoms with Gasteiger partial charge in [-0.05, 0) is 47.3 Å². The van der Waals surface area contributed by atoms with E-state index in [1.165, 1.54) is 23.7 Å². The molecule has 0 bridgehead atoms. The van der Waals surface area contributed by atoms with E-state index in [4.69, 9.17) is 4.42 Å². The van der Waals surface area contributed by atoms with Crippen LogP contribution in [0, 0.1) is 0 Å². The highest BCUT2D eigenvalue weighted by atomic mass is 32.1. The van der Waals surface area contributed by atoms with Crippen LogP contribution in [-0.2, 0) is 11.2 Å². The summed E-state index contributed by atoms with van der Waals surface area (Å²) in [5.41, 5.74) is 1.94. The summed E-state index contributed by atoms with van der Waals surface area (Å²) in [6, 6.07) is 22.1. The van der Waals surface area contributed by atoms with Crippen LogP contribution in [-0.4, -0.2) is 23.8 Å². The van der Waals surface area contributed by atoms with Crippen LogP contribution in [0.5, 0.6) is 0 Å². The molecule has 33 heavy (non-hydrogen) atoms.